The van der Waals surface area contributed by atoms with Crippen molar-refractivity contribution in [2.24, 2.45) is 11.8 Å². The van der Waals surface area contributed by atoms with E-state index in [0.29, 0.717) is 0 Å². The summed E-state index contributed by atoms with van der Waals surface area (Å²) in [6, 6.07) is 8.20. The molecule has 23 heavy (non-hydrogen) atoms. The minimum atomic E-state index is -0.425. The van der Waals surface area contributed by atoms with Crippen molar-refractivity contribution in [1.29, 1.82) is 0 Å². The van der Waals surface area contributed by atoms with Crippen LogP contribution in [-0.4, -0.2) is 41.7 Å². The van der Waals surface area contributed by atoms with Gasteiger partial charge >= 0.3 is 0 Å². The lowest BCUT2D eigenvalue weighted by molar-refractivity contribution is -0.132. The fourth-order valence-electron chi connectivity index (χ4n) is 3.64. The first-order valence-corrected chi connectivity index (χ1v) is 10.0. The number of rotatable bonds is 3. The third-order valence-electron chi connectivity index (χ3n) is 5.01. The van der Waals surface area contributed by atoms with Crippen molar-refractivity contribution in [3.05, 3.63) is 28.7 Å². The molecular formula is C18H25BrN2OS. The molecule has 0 saturated carbocycles. The molecule has 2 atom stereocenters. The van der Waals surface area contributed by atoms with Crippen LogP contribution in [0.5, 0.6) is 0 Å². The summed E-state index contributed by atoms with van der Waals surface area (Å²) in [5, 5.41) is 3.49. The predicted molar refractivity (Wildman–Crippen MR) is 99.7 cm³/mol. The van der Waals surface area contributed by atoms with E-state index in [2.05, 4.69) is 52.1 Å². The lowest BCUT2D eigenvalue weighted by atomic mass is 9.92. The second-order valence-electron chi connectivity index (χ2n) is 7.11. The maximum atomic E-state index is 13.0. The van der Waals surface area contributed by atoms with Crippen LogP contribution >= 0.6 is 27.7 Å². The number of hydrogen-bond acceptors (Lipinski definition) is 3. The van der Waals surface area contributed by atoms with Crippen molar-refractivity contribution in [1.82, 2.24) is 10.2 Å². The van der Waals surface area contributed by atoms with E-state index in [1.54, 1.807) is 11.8 Å². The summed E-state index contributed by atoms with van der Waals surface area (Å²) in [4.78, 5) is 16.3. The summed E-state index contributed by atoms with van der Waals surface area (Å²) < 4.78 is 0.643. The minimum Gasteiger partial charge on any atom is -0.341 e. The molecule has 1 aromatic rings. The summed E-state index contributed by atoms with van der Waals surface area (Å²) in [6.07, 6.45) is 2.28. The summed E-state index contributed by atoms with van der Waals surface area (Å²) in [7, 11) is 0. The van der Waals surface area contributed by atoms with Gasteiger partial charge in [0.25, 0.3) is 0 Å². The molecular weight excluding hydrogens is 372 g/mol. The fraction of sp³-hybridized carbons (Fsp3) is 0.611. The van der Waals surface area contributed by atoms with Gasteiger partial charge in [-0.15, -0.1) is 11.8 Å². The monoisotopic (exact) mass is 396 g/mol. The highest BCUT2D eigenvalue weighted by atomic mass is 79.9. The van der Waals surface area contributed by atoms with E-state index in [0.717, 1.165) is 60.2 Å². The molecule has 5 heteroatoms. The normalized spacial score (nSPS) is 25.1. The Morgan fingerprint density at radius 2 is 1.74 bits per heavy atom. The van der Waals surface area contributed by atoms with Crippen LogP contribution in [0.25, 0.3) is 0 Å². The fourth-order valence-corrected chi connectivity index (χ4v) is 4.99. The van der Waals surface area contributed by atoms with Gasteiger partial charge in [0.1, 0.15) is 0 Å². The highest BCUT2D eigenvalue weighted by molar-refractivity contribution is 9.10. The predicted octanol–water partition coefficient (Wildman–Crippen LogP) is 3.78. The third-order valence-corrected chi connectivity index (χ3v) is 6.73. The summed E-state index contributed by atoms with van der Waals surface area (Å²) >= 11 is 5.12. The number of benzene rings is 1. The van der Waals surface area contributed by atoms with Gasteiger partial charge in [0.15, 0.2) is 0 Å². The summed E-state index contributed by atoms with van der Waals surface area (Å²) in [6.45, 7) is 8.18. The standard InChI is InChI=1S/C18H25BrN2OS/c1-18(2,23-16-5-3-15(19)4-6-16)17(22)21-9-7-13-11-20-12-14(13)8-10-21/h3-6,13-14,20H,7-12H2,1-2H3/t13-,14+. The molecule has 2 saturated heterocycles. The molecule has 2 fully saturated rings. The van der Waals surface area contributed by atoms with Gasteiger partial charge in [0, 0.05) is 22.5 Å². The quantitative estimate of drug-likeness (QED) is 0.788. The van der Waals surface area contributed by atoms with Crippen LogP contribution in [-0.2, 0) is 4.79 Å². The van der Waals surface area contributed by atoms with E-state index in [9.17, 15) is 4.79 Å². The highest BCUT2D eigenvalue weighted by Gasteiger charge is 2.37. The second kappa shape index (κ2) is 7.16. The molecule has 0 radical (unpaired) electrons. The maximum Gasteiger partial charge on any atom is 0.238 e. The number of hydrogen-bond donors (Lipinski definition) is 1. The number of nitrogens with zero attached hydrogens (tertiary/aromatic N) is 1. The van der Waals surface area contributed by atoms with Gasteiger partial charge in [-0.2, -0.15) is 0 Å². The zero-order valence-corrected chi connectivity index (χ0v) is 16.3. The van der Waals surface area contributed by atoms with Crippen LogP contribution in [0.2, 0.25) is 0 Å². The van der Waals surface area contributed by atoms with Crippen molar-refractivity contribution in [3.63, 3.8) is 0 Å². The molecule has 0 unspecified atom stereocenters. The van der Waals surface area contributed by atoms with Gasteiger partial charge in [-0.3, -0.25) is 4.79 Å². The number of carbonyl (C=O) groups is 1. The Morgan fingerprint density at radius 1 is 1.17 bits per heavy atom. The average Bonchev–Trinajstić information content (AvgIpc) is 2.87. The first-order chi connectivity index (χ1) is 11.0. The van der Waals surface area contributed by atoms with Crippen molar-refractivity contribution in [2.45, 2.75) is 36.3 Å². The Kier molecular flexibility index (Phi) is 5.39. The molecule has 2 heterocycles. The van der Waals surface area contributed by atoms with E-state index >= 15 is 0 Å². The zero-order valence-electron chi connectivity index (χ0n) is 13.8. The largest absolute Gasteiger partial charge is 0.341 e. The number of nitrogens with one attached hydrogen (secondary N) is 1. The van der Waals surface area contributed by atoms with Crippen molar-refractivity contribution >= 4 is 33.6 Å². The molecule has 3 rings (SSSR count). The lowest BCUT2D eigenvalue weighted by Crippen LogP contribution is -2.44. The van der Waals surface area contributed by atoms with Gasteiger partial charge in [-0.1, -0.05) is 15.9 Å². The molecule has 0 bridgehead atoms. The number of amides is 1. The van der Waals surface area contributed by atoms with Crippen LogP contribution in [0, 0.1) is 11.8 Å². The van der Waals surface area contributed by atoms with Gasteiger partial charge in [-0.05, 0) is 75.9 Å². The van der Waals surface area contributed by atoms with Gasteiger partial charge in [0.05, 0.1) is 4.75 Å². The molecule has 1 N–H and O–H groups in total. The molecule has 2 aliphatic heterocycles. The molecule has 0 aromatic heterocycles. The molecule has 1 aromatic carbocycles. The highest BCUT2D eigenvalue weighted by Crippen LogP contribution is 2.36. The topological polar surface area (TPSA) is 32.3 Å². The Morgan fingerprint density at radius 3 is 2.30 bits per heavy atom. The Hall–Kier alpha value is -0.520. The molecule has 2 aliphatic rings. The molecule has 0 aliphatic carbocycles. The Balaban J connectivity index is 1.64. The zero-order chi connectivity index (χ0) is 16.4. The molecule has 1 amide bonds. The van der Waals surface area contributed by atoms with Crippen LogP contribution in [0.15, 0.2) is 33.6 Å². The average molecular weight is 397 g/mol. The van der Waals surface area contributed by atoms with Gasteiger partial charge < -0.3 is 10.2 Å². The number of likely N-dealkylation sites (tertiary alicyclic amines) is 1. The maximum absolute atomic E-state index is 13.0. The van der Waals surface area contributed by atoms with Crippen LogP contribution in [0.1, 0.15) is 26.7 Å². The van der Waals surface area contributed by atoms with E-state index in [-0.39, 0.29) is 5.91 Å². The third kappa shape index (κ3) is 4.12. The van der Waals surface area contributed by atoms with E-state index in [1.165, 1.54) is 0 Å². The second-order valence-corrected chi connectivity index (χ2v) is 9.73. The summed E-state index contributed by atoms with van der Waals surface area (Å²) in [5.41, 5.74) is 0. The molecule has 0 spiro atoms. The number of thioether (sulfide) groups is 1. The SMILES string of the molecule is CC(C)(Sc1ccc(Br)cc1)C(=O)N1CC[C@@H]2CNC[C@@H]2CC1. The van der Waals surface area contributed by atoms with Crippen molar-refractivity contribution in [2.75, 3.05) is 26.2 Å². The number of fused-ring (bicyclic) bond motifs is 1. The van der Waals surface area contributed by atoms with Gasteiger partial charge in [0.2, 0.25) is 5.91 Å². The van der Waals surface area contributed by atoms with Crippen LogP contribution in [0.3, 0.4) is 0 Å². The van der Waals surface area contributed by atoms with Crippen LogP contribution < -0.4 is 5.32 Å². The van der Waals surface area contributed by atoms with Crippen LogP contribution in [0.4, 0.5) is 0 Å². The Labute approximate surface area is 151 Å². The summed E-state index contributed by atoms with van der Waals surface area (Å²) in [5.74, 6) is 1.79. The minimum absolute atomic E-state index is 0.276. The smallest absolute Gasteiger partial charge is 0.238 e. The Bertz CT molecular complexity index is 547. The first kappa shape index (κ1) is 17.3. The molecule has 126 valence electrons. The molecule has 3 nitrogen and oxygen atoms in total. The lowest BCUT2D eigenvalue weighted by Gasteiger charge is -2.31. The van der Waals surface area contributed by atoms with E-state index in [1.807, 2.05) is 12.1 Å². The number of halogens is 1. The van der Waals surface area contributed by atoms with E-state index < -0.39 is 4.75 Å². The van der Waals surface area contributed by atoms with Crippen molar-refractivity contribution in [3.8, 4) is 0 Å². The number of carbonyl (C=O) groups excluding carboxylic acids is 1. The van der Waals surface area contributed by atoms with Crippen molar-refractivity contribution < 1.29 is 4.79 Å². The van der Waals surface area contributed by atoms with Gasteiger partial charge in [-0.25, -0.2) is 0 Å². The van der Waals surface area contributed by atoms with E-state index in [4.69, 9.17) is 0 Å². The first-order valence-electron chi connectivity index (χ1n) is 8.40.